The first-order valence-electron chi connectivity index (χ1n) is 10.0. The summed E-state index contributed by atoms with van der Waals surface area (Å²) < 4.78 is 5.71. The molecule has 2 N–H and O–H groups in total. The zero-order valence-electron chi connectivity index (χ0n) is 17.9. The second-order valence-electron chi connectivity index (χ2n) is 7.62. The van der Waals surface area contributed by atoms with Crippen LogP contribution in [0.25, 0.3) is 11.3 Å². The molecule has 32 heavy (non-hydrogen) atoms. The summed E-state index contributed by atoms with van der Waals surface area (Å²) in [6.45, 7) is 5.63. The van der Waals surface area contributed by atoms with Gasteiger partial charge in [-0.1, -0.05) is 54.7 Å². The van der Waals surface area contributed by atoms with E-state index in [0.717, 1.165) is 5.56 Å². The molecule has 1 heterocycles. The molecule has 0 bridgehead atoms. The summed E-state index contributed by atoms with van der Waals surface area (Å²) in [5, 5.41) is 7.76. The van der Waals surface area contributed by atoms with Crippen LogP contribution in [0.1, 0.15) is 35.5 Å². The summed E-state index contributed by atoms with van der Waals surface area (Å²) >= 11 is 12.2. The van der Waals surface area contributed by atoms with Crippen molar-refractivity contribution in [3.8, 4) is 11.3 Å². The van der Waals surface area contributed by atoms with Gasteiger partial charge in [0.15, 0.2) is 0 Å². The summed E-state index contributed by atoms with van der Waals surface area (Å²) in [6.07, 6.45) is 1.37. The van der Waals surface area contributed by atoms with Crippen LogP contribution in [0.4, 0.5) is 0 Å². The molecule has 0 aliphatic heterocycles. The molecule has 166 valence electrons. The Morgan fingerprint density at radius 3 is 2.44 bits per heavy atom. The first kappa shape index (κ1) is 23.6. The van der Waals surface area contributed by atoms with E-state index < -0.39 is 11.9 Å². The second kappa shape index (κ2) is 10.5. The Kier molecular flexibility index (Phi) is 7.72. The van der Waals surface area contributed by atoms with Crippen molar-refractivity contribution in [1.82, 2.24) is 10.7 Å². The monoisotopic (exact) mass is 471 g/mol. The number of aryl methyl sites for hydroxylation is 1. The minimum absolute atomic E-state index is 0.139. The van der Waals surface area contributed by atoms with Crippen molar-refractivity contribution in [2.75, 3.05) is 0 Å². The number of nitrogens with zero attached hydrogens (tertiary/aromatic N) is 1. The van der Waals surface area contributed by atoms with Gasteiger partial charge in [0.2, 0.25) is 0 Å². The van der Waals surface area contributed by atoms with E-state index in [1.54, 1.807) is 42.5 Å². The number of benzene rings is 2. The second-order valence-corrected chi connectivity index (χ2v) is 8.47. The van der Waals surface area contributed by atoms with Crippen LogP contribution in [0, 0.1) is 12.8 Å². The Balaban J connectivity index is 1.64. The van der Waals surface area contributed by atoms with Crippen molar-refractivity contribution in [3.05, 3.63) is 81.5 Å². The molecule has 1 unspecified atom stereocenters. The summed E-state index contributed by atoms with van der Waals surface area (Å²) in [7, 11) is 0. The van der Waals surface area contributed by atoms with Crippen LogP contribution >= 0.6 is 23.2 Å². The molecule has 0 spiro atoms. The highest BCUT2D eigenvalue weighted by Gasteiger charge is 2.24. The molecule has 6 nitrogen and oxygen atoms in total. The summed E-state index contributed by atoms with van der Waals surface area (Å²) in [4.78, 5) is 25.1. The van der Waals surface area contributed by atoms with E-state index in [0.29, 0.717) is 32.7 Å². The van der Waals surface area contributed by atoms with Gasteiger partial charge in [-0.05, 0) is 55.3 Å². The number of rotatable bonds is 7. The van der Waals surface area contributed by atoms with Crippen LogP contribution in [0.3, 0.4) is 0 Å². The molecular weight excluding hydrogens is 449 g/mol. The predicted octanol–water partition coefficient (Wildman–Crippen LogP) is 5.47. The topological polar surface area (TPSA) is 83.7 Å². The van der Waals surface area contributed by atoms with Crippen molar-refractivity contribution in [2.24, 2.45) is 11.0 Å². The smallest absolute Gasteiger partial charge is 0.262 e. The van der Waals surface area contributed by atoms with E-state index in [1.165, 1.54) is 6.21 Å². The maximum atomic E-state index is 12.6. The molecule has 3 aromatic rings. The molecule has 0 saturated heterocycles. The lowest BCUT2D eigenvalue weighted by atomic mass is 10.0. The van der Waals surface area contributed by atoms with E-state index in [1.807, 2.05) is 32.9 Å². The van der Waals surface area contributed by atoms with Crippen molar-refractivity contribution in [2.45, 2.75) is 26.8 Å². The van der Waals surface area contributed by atoms with Gasteiger partial charge in [-0.3, -0.25) is 9.59 Å². The quantitative estimate of drug-likeness (QED) is 0.354. The molecule has 0 aliphatic carbocycles. The number of carbonyl (C=O) groups excluding carboxylic acids is 2. The highest BCUT2D eigenvalue weighted by Crippen LogP contribution is 2.31. The summed E-state index contributed by atoms with van der Waals surface area (Å²) in [5.41, 5.74) is 4.65. The average molecular weight is 472 g/mol. The number of halogens is 2. The number of carbonyl (C=O) groups is 2. The number of nitrogens with one attached hydrogen (secondary N) is 2. The van der Waals surface area contributed by atoms with Crippen LogP contribution in [-0.2, 0) is 4.79 Å². The molecule has 2 amide bonds. The zero-order chi connectivity index (χ0) is 23.3. The van der Waals surface area contributed by atoms with Gasteiger partial charge in [0.05, 0.1) is 11.2 Å². The lowest BCUT2D eigenvalue weighted by molar-refractivity contribution is -0.123. The van der Waals surface area contributed by atoms with Gasteiger partial charge in [-0.25, -0.2) is 5.43 Å². The molecule has 2 aromatic carbocycles. The fourth-order valence-corrected chi connectivity index (χ4v) is 3.33. The molecule has 0 radical (unpaired) electrons. The van der Waals surface area contributed by atoms with Gasteiger partial charge in [0.1, 0.15) is 17.6 Å². The lowest BCUT2D eigenvalue weighted by Crippen LogP contribution is -2.48. The fraction of sp³-hybridized carbons (Fsp3) is 0.208. The van der Waals surface area contributed by atoms with Crippen LogP contribution in [0.5, 0.6) is 0 Å². The number of hydrogen-bond donors (Lipinski definition) is 2. The number of amides is 2. The molecule has 0 fully saturated rings. The maximum Gasteiger partial charge on any atom is 0.262 e. The molecular formula is C24H23Cl2N3O3. The highest BCUT2D eigenvalue weighted by atomic mass is 35.5. The maximum absolute atomic E-state index is 12.6. The Labute approximate surface area is 196 Å². The van der Waals surface area contributed by atoms with Gasteiger partial charge >= 0.3 is 0 Å². The molecule has 3 rings (SSSR count). The van der Waals surface area contributed by atoms with Crippen molar-refractivity contribution in [1.29, 1.82) is 0 Å². The van der Waals surface area contributed by atoms with E-state index in [9.17, 15) is 9.59 Å². The third-order valence-corrected chi connectivity index (χ3v) is 5.30. The van der Waals surface area contributed by atoms with Crippen molar-refractivity contribution in [3.63, 3.8) is 0 Å². The molecule has 0 saturated carbocycles. The lowest BCUT2D eigenvalue weighted by Gasteiger charge is -2.20. The van der Waals surface area contributed by atoms with Crippen LogP contribution in [0.2, 0.25) is 10.0 Å². The fourth-order valence-electron chi connectivity index (χ4n) is 2.95. The van der Waals surface area contributed by atoms with E-state index in [-0.39, 0.29) is 11.8 Å². The van der Waals surface area contributed by atoms with E-state index in [2.05, 4.69) is 15.8 Å². The Morgan fingerprint density at radius 2 is 1.75 bits per heavy atom. The van der Waals surface area contributed by atoms with Crippen molar-refractivity contribution < 1.29 is 14.0 Å². The van der Waals surface area contributed by atoms with Crippen LogP contribution in [0.15, 0.2) is 64.1 Å². The third kappa shape index (κ3) is 5.99. The largest absolute Gasteiger partial charge is 0.455 e. The Morgan fingerprint density at radius 1 is 1.03 bits per heavy atom. The standard InChI is InChI=1S/C24H23Cl2N3O3/c1-14(2)22(28-23(30)16-6-4-15(3)5-7-16)24(31)29-27-13-18-9-11-21(32-18)19-12-17(25)8-10-20(19)26/h4-14,22H,1-3H3,(H,28,30)(H,29,31)/b27-13+. The number of hydrogen-bond acceptors (Lipinski definition) is 4. The van der Waals surface area contributed by atoms with Crippen molar-refractivity contribution >= 4 is 41.2 Å². The Bertz CT molecular complexity index is 1140. The average Bonchev–Trinajstić information content (AvgIpc) is 3.22. The number of hydrazone groups is 1. The SMILES string of the molecule is Cc1ccc(C(=O)NC(C(=O)N/N=C/c2ccc(-c3cc(Cl)ccc3Cl)o2)C(C)C)cc1. The first-order valence-corrected chi connectivity index (χ1v) is 10.8. The highest BCUT2D eigenvalue weighted by molar-refractivity contribution is 6.35. The Hall–Kier alpha value is -3.09. The molecule has 1 aromatic heterocycles. The van der Waals surface area contributed by atoms with Gasteiger partial charge in [0.25, 0.3) is 11.8 Å². The van der Waals surface area contributed by atoms with Gasteiger partial charge in [-0.15, -0.1) is 0 Å². The molecule has 0 aliphatic rings. The van der Waals surface area contributed by atoms with Crippen LogP contribution < -0.4 is 10.7 Å². The molecule has 8 heteroatoms. The van der Waals surface area contributed by atoms with Gasteiger partial charge < -0.3 is 9.73 Å². The summed E-state index contributed by atoms with van der Waals surface area (Å²) in [6, 6.07) is 14.9. The third-order valence-electron chi connectivity index (χ3n) is 4.74. The first-order chi connectivity index (χ1) is 15.2. The summed E-state index contributed by atoms with van der Waals surface area (Å²) in [5.74, 6) is 0.0508. The van der Waals surface area contributed by atoms with E-state index in [4.69, 9.17) is 27.6 Å². The zero-order valence-corrected chi connectivity index (χ0v) is 19.4. The normalized spacial score (nSPS) is 12.2. The predicted molar refractivity (Wildman–Crippen MR) is 127 cm³/mol. The molecule has 1 atom stereocenters. The van der Waals surface area contributed by atoms with Gasteiger partial charge in [-0.2, -0.15) is 5.10 Å². The number of furan rings is 1. The van der Waals surface area contributed by atoms with E-state index >= 15 is 0 Å². The van der Waals surface area contributed by atoms with Crippen LogP contribution in [-0.4, -0.2) is 24.1 Å². The minimum atomic E-state index is -0.751. The minimum Gasteiger partial charge on any atom is -0.455 e. The van der Waals surface area contributed by atoms with Gasteiger partial charge in [0, 0.05) is 16.1 Å².